The number of benzene rings is 2. The third-order valence-electron chi connectivity index (χ3n) is 5.07. The minimum absolute atomic E-state index is 0.214. The number of hydrogen-bond acceptors (Lipinski definition) is 8. The third kappa shape index (κ3) is 7.01. The van der Waals surface area contributed by atoms with Crippen LogP contribution in [0.5, 0.6) is 23.0 Å². The van der Waals surface area contributed by atoms with Crippen molar-refractivity contribution in [1.29, 1.82) is 0 Å². The molecular weight excluding hydrogens is 464 g/mol. The molecule has 1 unspecified atom stereocenters. The number of sulfone groups is 1. The third-order valence-corrected chi connectivity index (χ3v) is 7.02. The number of carbonyl (C=O) groups is 2. The maximum Gasteiger partial charge on any atom is 0.239 e. The van der Waals surface area contributed by atoms with Gasteiger partial charge in [-0.25, -0.2) is 8.42 Å². The Balaban J connectivity index is 1.92. The van der Waals surface area contributed by atoms with E-state index in [2.05, 4.69) is 10.6 Å². The quantitative estimate of drug-likeness (QED) is 0.457. The van der Waals surface area contributed by atoms with Gasteiger partial charge in [0.2, 0.25) is 11.8 Å². The molecule has 0 aliphatic heterocycles. The Morgan fingerprint density at radius 2 is 1.41 bits per heavy atom. The standard InChI is InChI=1S/C23H30N2O8S/c1-15(23(27)24-11-10-16-6-8-18(30-2)20(12-16)32-4)34(28,29)14-22(26)25-17-7-9-19(31-3)21(13-17)33-5/h6-9,12-13,15H,10-11,14H2,1-5H3,(H,24,27)(H,25,26). The first-order chi connectivity index (χ1) is 16.1. The zero-order valence-electron chi connectivity index (χ0n) is 19.8. The molecule has 0 saturated carbocycles. The zero-order chi connectivity index (χ0) is 25.3. The number of nitrogens with one attached hydrogen (secondary N) is 2. The summed E-state index contributed by atoms with van der Waals surface area (Å²) >= 11 is 0. The first kappa shape index (κ1) is 26.8. The van der Waals surface area contributed by atoms with E-state index >= 15 is 0 Å². The fraction of sp³-hybridized carbons (Fsp3) is 0.391. The summed E-state index contributed by atoms with van der Waals surface area (Å²) in [6.45, 7) is 1.47. The van der Waals surface area contributed by atoms with Crippen molar-refractivity contribution in [2.75, 3.05) is 46.1 Å². The number of anilines is 1. The highest BCUT2D eigenvalue weighted by atomic mass is 32.2. The Hall–Kier alpha value is -3.47. The normalized spacial score (nSPS) is 11.8. The molecule has 2 N–H and O–H groups in total. The molecule has 2 rings (SSSR count). The molecule has 10 nitrogen and oxygen atoms in total. The van der Waals surface area contributed by atoms with Gasteiger partial charge in [0, 0.05) is 18.3 Å². The van der Waals surface area contributed by atoms with Crippen LogP contribution in [0.3, 0.4) is 0 Å². The zero-order valence-corrected chi connectivity index (χ0v) is 20.7. The van der Waals surface area contributed by atoms with Crippen molar-refractivity contribution in [3.63, 3.8) is 0 Å². The van der Waals surface area contributed by atoms with Crippen LogP contribution in [0.2, 0.25) is 0 Å². The first-order valence-electron chi connectivity index (χ1n) is 10.4. The van der Waals surface area contributed by atoms with E-state index in [4.69, 9.17) is 18.9 Å². The van der Waals surface area contributed by atoms with Crippen LogP contribution in [0.15, 0.2) is 36.4 Å². The molecule has 0 spiro atoms. The van der Waals surface area contributed by atoms with Gasteiger partial charge in [-0.05, 0) is 43.2 Å². The Morgan fingerprint density at radius 1 is 0.853 bits per heavy atom. The van der Waals surface area contributed by atoms with Gasteiger partial charge in [0.15, 0.2) is 32.8 Å². The average molecular weight is 495 g/mol. The van der Waals surface area contributed by atoms with E-state index in [-0.39, 0.29) is 6.54 Å². The lowest BCUT2D eigenvalue weighted by molar-refractivity contribution is -0.120. The van der Waals surface area contributed by atoms with Gasteiger partial charge in [0.05, 0.1) is 28.4 Å². The maximum atomic E-state index is 12.6. The summed E-state index contributed by atoms with van der Waals surface area (Å²) in [5.74, 6) is -0.302. The Kier molecular flexibility index (Phi) is 9.55. The van der Waals surface area contributed by atoms with Gasteiger partial charge in [0.1, 0.15) is 11.0 Å². The lowest BCUT2D eigenvalue weighted by Crippen LogP contribution is -2.41. The number of hydrogen-bond donors (Lipinski definition) is 2. The number of methoxy groups -OCH3 is 4. The van der Waals surface area contributed by atoms with Gasteiger partial charge in [-0.15, -0.1) is 0 Å². The second-order valence-electron chi connectivity index (χ2n) is 7.30. The van der Waals surface area contributed by atoms with E-state index in [9.17, 15) is 18.0 Å². The van der Waals surface area contributed by atoms with E-state index in [0.29, 0.717) is 35.1 Å². The summed E-state index contributed by atoms with van der Waals surface area (Å²) in [6.07, 6.45) is 0.457. The Morgan fingerprint density at radius 3 is 2.00 bits per heavy atom. The highest BCUT2D eigenvalue weighted by Crippen LogP contribution is 2.30. The summed E-state index contributed by atoms with van der Waals surface area (Å²) in [6, 6.07) is 10.00. The molecule has 186 valence electrons. The molecule has 0 bridgehead atoms. The average Bonchev–Trinajstić information content (AvgIpc) is 2.82. The van der Waals surface area contributed by atoms with Gasteiger partial charge >= 0.3 is 0 Å². The molecule has 0 aromatic heterocycles. The molecule has 2 aromatic carbocycles. The summed E-state index contributed by atoms with van der Waals surface area (Å²) < 4.78 is 45.9. The predicted octanol–water partition coefficient (Wildman–Crippen LogP) is 1.82. The molecule has 0 saturated heterocycles. The molecular formula is C23H30N2O8S. The van der Waals surface area contributed by atoms with E-state index in [1.807, 2.05) is 6.07 Å². The molecule has 34 heavy (non-hydrogen) atoms. The Labute approximate surface area is 199 Å². The van der Waals surface area contributed by atoms with Crippen molar-refractivity contribution in [2.24, 2.45) is 0 Å². The predicted molar refractivity (Wildman–Crippen MR) is 128 cm³/mol. The Bertz CT molecular complexity index is 1120. The van der Waals surface area contributed by atoms with Crippen LogP contribution in [0.1, 0.15) is 12.5 Å². The van der Waals surface area contributed by atoms with Gasteiger partial charge in [0.25, 0.3) is 0 Å². The van der Waals surface area contributed by atoms with Crippen LogP contribution < -0.4 is 29.6 Å². The maximum absolute atomic E-state index is 12.6. The van der Waals surface area contributed by atoms with E-state index in [0.717, 1.165) is 5.56 Å². The summed E-state index contributed by atoms with van der Waals surface area (Å²) in [4.78, 5) is 24.7. The largest absolute Gasteiger partial charge is 0.493 e. The van der Waals surface area contributed by atoms with Crippen molar-refractivity contribution in [3.05, 3.63) is 42.0 Å². The highest BCUT2D eigenvalue weighted by Gasteiger charge is 2.30. The highest BCUT2D eigenvalue weighted by molar-refractivity contribution is 7.93. The summed E-state index contributed by atoms with van der Waals surface area (Å²) in [7, 11) is 1.94. The monoisotopic (exact) mass is 494 g/mol. The van der Waals surface area contributed by atoms with Gasteiger partial charge in [-0.3, -0.25) is 9.59 Å². The van der Waals surface area contributed by atoms with Crippen LogP contribution in [0.4, 0.5) is 5.69 Å². The van der Waals surface area contributed by atoms with E-state index < -0.39 is 32.7 Å². The molecule has 2 amide bonds. The molecule has 0 aliphatic rings. The number of ether oxygens (including phenoxy) is 4. The van der Waals surface area contributed by atoms with Gasteiger partial charge in [-0.2, -0.15) is 0 Å². The molecule has 1 atom stereocenters. The van der Waals surface area contributed by atoms with Crippen LogP contribution in [-0.4, -0.2) is 66.2 Å². The molecule has 11 heteroatoms. The van der Waals surface area contributed by atoms with Crippen LogP contribution >= 0.6 is 0 Å². The number of carbonyl (C=O) groups excluding carboxylic acids is 2. The fourth-order valence-corrected chi connectivity index (χ4v) is 4.19. The second-order valence-corrected chi connectivity index (χ2v) is 9.62. The SMILES string of the molecule is COc1ccc(CCNC(=O)C(C)S(=O)(=O)CC(=O)Nc2ccc(OC)c(OC)c2)cc1OC. The smallest absolute Gasteiger partial charge is 0.239 e. The lowest BCUT2D eigenvalue weighted by Gasteiger charge is -2.14. The second kappa shape index (κ2) is 12.1. The van der Waals surface area contributed by atoms with Crippen molar-refractivity contribution in [1.82, 2.24) is 5.32 Å². The number of rotatable bonds is 12. The van der Waals surface area contributed by atoms with Crippen LogP contribution in [-0.2, 0) is 25.8 Å². The van der Waals surface area contributed by atoms with Crippen molar-refractivity contribution in [3.8, 4) is 23.0 Å². The molecule has 0 radical (unpaired) electrons. The van der Waals surface area contributed by atoms with Gasteiger partial charge < -0.3 is 29.6 Å². The number of amides is 2. The molecule has 2 aromatic rings. The van der Waals surface area contributed by atoms with E-state index in [1.165, 1.54) is 41.4 Å². The van der Waals surface area contributed by atoms with Crippen LogP contribution in [0, 0.1) is 0 Å². The summed E-state index contributed by atoms with van der Waals surface area (Å²) in [5.41, 5.74) is 1.22. The lowest BCUT2D eigenvalue weighted by atomic mass is 10.1. The van der Waals surface area contributed by atoms with Crippen LogP contribution in [0.25, 0.3) is 0 Å². The molecule has 0 heterocycles. The van der Waals surface area contributed by atoms with Crippen molar-refractivity contribution < 1.29 is 37.0 Å². The minimum atomic E-state index is -4.04. The molecule has 0 aliphatic carbocycles. The van der Waals surface area contributed by atoms with Crippen molar-refractivity contribution >= 4 is 27.3 Å². The molecule has 0 fully saturated rings. The minimum Gasteiger partial charge on any atom is -0.493 e. The van der Waals surface area contributed by atoms with Gasteiger partial charge in [-0.1, -0.05) is 6.07 Å². The fourth-order valence-electron chi connectivity index (χ4n) is 3.09. The topological polar surface area (TPSA) is 129 Å². The van der Waals surface area contributed by atoms with Crippen molar-refractivity contribution in [2.45, 2.75) is 18.6 Å². The first-order valence-corrected chi connectivity index (χ1v) is 12.1. The summed E-state index contributed by atoms with van der Waals surface area (Å²) in [5, 5.41) is 3.70. The van der Waals surface area contributed by atoms with E-state index in [1.54, 1.807) is 24.3 Å².